The molecule has 0 spiro atoms. The summed E-state index contributed by atoms with van der Waals surface area (Å²) in [6, 6.07) is 6.73. The highest BCUT2D eigenvalue weighted by Crippen LogP contribution is 2.34. The van der Waals surface area contributed by atoms with E-state index in [4.69, 9.17) is 0 Å². The predicted octanol–water partition coefficient (Wildman–Crippen LogP) is 4.11. The molecular formula is C18H28O3S. The number of sulfone groups is 1. The lowest BCUT2D eigenvalue weighted by Gasteiger charge is -2.29. The molecule has 3 nitrogen and oxygen atoms in total. The SMILES string of the molecule is Cc1ccc(S(=O)(=O)/C(=C/C(C)(C)C)[C@@H](O)C(C)(C)C)cc1. The first-order valence-corrected chi connectivity index (χ1v) is 8.96. The molecule has 0 aliphatic rings. The third-order valence-corrected chi connectivity index (χ3v) is 5.16. The van der Waals surface area contributed by atoms with Crippen molar-refractivity contribution in [1.29, 1.82) is 0 Å². The van der Waals surface area contributed by atoms with Gasteiger partial charge in [0.2, 0.25) is 9.84 Å². The highest BCUT2D eigenvalue weighted by atomic mass is 32.2. The van der Waals surface area contributed by atoms with Crippen molar-refractivity contribution in [2.45, 2.75) is 59.5 Å². The van der Waals surface area contributed by atoms with E-state index in [9.17, 15) is 13.5 Å². The summed E-state index contributed by atoms with van der Waals surface area (Å²) < 4.78 is 26.0. The van der Waals surface area contributed by atoms with Crippen LogP contribution in [0.4, 0.5) is 0 Å². The molecule has 0 saturated heterocycles. The van der Waals surface area contributed by atoms with Crippen molar-refractivity contribution in [3.05, 3.63) is 40.8 Å². The Bertz CT molecular complexity index is 639. The summed E-state index contributed by atoms with van der Waals surface area (Å²) in [5.74, 6) is 0. The largest absolute Gasteiger partial charge is 0.387 e. The van der Waals surface area contributed by atoms with Gasteiger partial charge in [0.05, 0.1) is 15.9 Å². The van der Waals surface area contributed by atoms with E-state index in [1.54, 1.807) is 30.3 Å². The van der Waals surface area contributed by atoms with Crippen LogP contribution in [0, 0.1) is 17.8 Å². The lowest BCUT2D eigenvalue weighted by Crippen LogP contribution is -2.32. The van der Waals surface area contributed by atoms with Crippen LogP contribution >= 0.6 is 0 Å². The second kappa shape index (κ2) is 6.17. The minimum Gasteiger partial charge on any atom is -0.387 e. The summed E-state index contributed by atoms with van der Waals surface area (Å²) in [6.07, 6.45) is 0.607. The fraction of sp³-hybridized carbons (Fsp3) is 0.556. The first-order valence-electron chi connectivity index (χ1n) is 7.48. The monoisotopic (exact) mass is 324 g/mol. The van der Waals surface area contributed by atoms with Crippen LogP contribution in [-0.4, -0.2) is 19.6 Å². The van der Waals surface area contributed by atoms with Crippen molar-refractivity contribution in [2.24, 2.45) is 10.8 Å². The molecule has 1 aromatic carbocycles. The minimum absolute atomic E-state index is 0.0800. The quantitative estimate of drug-likeness (QED) is 0.910. The number of aliphatic hydroxyl groups excluding tert-OH is 1. The van der Waals surface area contributed by atoms with Gasteiger partial charge in [-0.25, -0.2) is 8.42 Å². The van der Waals surface area contributed by atoms with Crippen molar-refractivity contribution in [3.63, 3.8) is 0 Å². The van der Waals surface area contributed by atoms with Crippen LogP contribution < -0.4 is 0 Å². The highest BCUT2D eigenvalue weighted by molar-refractivity contribution is 7.95. The van der Waals surface area contributed by atoms with Gasteiger partial charge in [-0.3, -0.25) is 0 Å². The lowest BCUT2D eigenvalue weighted by atomic mass is 9.86. The molecule has 124 valence electrons. The molecule has 0 aromatic heterocycles. The number of rotatable bonds is 3. The molecule has 0 aliphatic carbocycles. The average molecular weight is 324 g/mol. The minimum atomic E-state index is -3.72. The summed E-state index contributed by atoms with van der Waals surface area (Å²) in [5, 5.41) is 10.6. The summed E-state index contributed by atoms with van der Waals surface area (Å²) in [4.78, 5) is 0.299. The molecule has 1 N–H and O–H groups in total. The van der Waals surface area contributed by atoms with Crippen LogP contribution in [0.3, 0.4) is 0 Å². The zero-order chi connectivity index (χ0) is 17.3. The standard InChI is InChI=1S/C18H28O3S/c1-13-8-10-14(11-9-13)22(20,21)15(12-17(2,3)4)16(19)18(5,6)7/h8-12,16,19H,1-7H3/b15-12+/t16-/m1/s1. The average Bonchev–Trinajstić information content (AvgIpc) is 2.33. The van der Waals surface area contributed by atoms with E-state index in [1.165, 1.54) is 0 Å². The number of aliphatic hydroxyl groups is 1. The van der Waals surface area contributed by atoms with Crippen LogP contribution in [0.5, 0.6) is 0 Å². The van der Waals surface area contributed by atoms with Crippen LogP contribution in [0.2, 0.25) is 0 Å². The van der Waals surface area contributed by atoms with Gasteiger partial charge in [0.1, 0.15) is 0 Å². The van der Waals surface area contributed by atoms with Crippen LogP contribution in [0.1, 0.15) is 47.1 Å². The number of benzene rings is 1. The number of hydrogen-bond acceptors (Lipinski definition) is 3. The Hall–Kier alpha value is -1.13. The Balaban J connectivity index is 3.51. The molecule has 0 radical (unpaired) electrons. The fourth-order valence-corrected chi connectivity index (χ4v) is 3.93. The van der Waals surface area contributed by atoms with Crippen molar-refractivity contribution in [3.8, 4) is 0 Å². The first kappa shape index (κ1) is 18.9. The zero-order valence-electron chi connectivity index (χ0n) is 14.6. The molecule has 4 heteroatoms. The smallest absolute Gasteiger partial charge is 0.205 e. The van der Waals surface area contributed by atoms with Crippen LogP contribution in [0.25, 0.3) is 0 Å². The molecule has 0 unspecified atom stereocenters. The van der Waals surface area contributed by atoms with Crippen LogP contribution in [-0.2, 0) is 9.84 Å². The highest BCUT2D eigenvalue weighted by Gasteiger charge is 2.35. The van der Waals surface area contributed by atoms with E-state index < -0.39 is 21.4 Å². The van der Waals surface area contributed by atoms with Crippen molar-refractivity contribution >= 4 is 9.84 Å². The molecular weight excluding hydrogens is 296 g/mol. The summed E-state index contributed by atoms with van der Waals surface area (Å²) in [6.45, 7) is 13.2. The second-order valence-corrected chi connectivity index (χ2v) is 9.95. The van der Waals surface area contributed by atoms with Gasteiger partial charge >= 0.3 is 0 Å². The van der Waals surface area contributed by atoms with E-state index in [0.717, 1.165) is 5.56 Å². The maximum Gasteiger partial charge on any atom is 0.205 e. The van der Waals surface area contributed by atoms with Gasteiger partial charge < -0.3 is 5.11 Å². The molecule has 1 aromatic rings. The fourth-order valence-electron chi connectivity index (χ4n) is 2.01. The molecule has 0 amide bonds. The van der Waals surface area contributed by atoms with E-state index in [2.05, 4.69) is 0 Å². The van der Waals surface area contributed by atoms with Gasteiger partial charge in [-0.05, 0) is 29.9 Å². The van der Waals surface area contributed by atoms with Gasteiger partial charge in [-0.1, -0.05) is 65.3 Å². The Morgan fingerprint density at radius 1 is 1.05 bits per heavy atom. The molecule has 0 saturated carbocycles. The number of hydrogen-bond donors (Lipinski definition) is 1. The van der Waals surface area contributed by atoms with Crippen LogP contribution in [0.15, 0.2) is 40.1 Å². The van der Waals surface area contributed by atoms with E-state index in [0.29, 0.717) is 0 Å². The summed E-state index contributed by atoms with van der Waals surface area (Å²) in [5.41, 5.74) is 0.0884. The Labute approximate surface area is 135 Å². The summed E-state index contributed by atoms with van der Waals surface area (Å²) in [7, 11) is -3.72. The zero-order valence-corrected chi connectivity index (χ0v) is 15.5. The van der Waals surface area contributed by atoms with Crippen molar-refractivity contribution in [2.75, 3.05) is 0 Å². The van der Waals surface area contributed by atoms with Crippen molar-refractivity contribution < 1.29 is 13.5 Å². The molecule has 0 bridgehead atoms. The molecule has 0 heterocycles. The molecule has 22 heavy (non-hydrogen) atoms. The van der Waals surface area contributed by atoms with Gasteiger partial charge in [-0.2, -0.15) is 0 Å². The van der Waals surface area contributed by atoms with Gasteiger partial charge in [0, 0.05) is 0 Å². The topological polar surface area (TPSA) is 54.4 Å². The van der Waals surface area contributed by atoms with Crippen molar-refractivity contribution in [1.82, 2.24) is 0 Å². The summed E-state index contributed by atoms with van der Waals surface area (Å²) >= 11 is 0. The maximum absolute atomic E-state index is 13.0. The van der Waals surface area contributed by atoms with E-state index in [1.807, 2.05) is 48.5 Å². The first-order chi connectivity index (χ1) is 9.75. The third-order valence-electron chi connectivity index (χ3n) is 3.31. The predicted molar refractivity (Wildman–Crippen MR) is 91.4 cm³/mol. The molecule has 1 rings (SSSR count). The molecule has 1 atom stereocenters. The number of aryl methyl sites for hydroxylation is 1. The maximum atomic E-state index is 13.0. The number of allylic oxidation sites excluding steroid dienone is 1. The molecule has 0 fully saturated rings. The normalized spacial score (nSPS) is 15.7. The second-order valence-electron chi connectivity index (χ2n) is 8.00. The molecule has 0 aliphatic heterocycles. The Morgan fingerprint density at radius 2 is 1.50 bits per heavy atom. The van der Waals surface area contributed by atoms with Gasteiger partial charge in [-0.15, -0.1) is 0 Å². The van der Waals surface area contributed by atoms with E-state index >= 15 is 0 Å². The Morgan fingerprint density at radius 3 is 1.86 bits per heavy atom. The van der Waals surface area contributed by atoms with Gasteiger partial charge in [0.25, 0.3) is 0 Å². The Kier molecular flexibility index (Phi) is 5.30. The van der Waals surface area contributed by atoms with E-state index in [-0.39, 0.29) is 15.2 Å². The third kappa shape index (κ3) is 4.68. The lowest BCUT2D eigenvalue weighted by molar-refractivity contribution is 0.100. The van der Waals surface area contributed by atoms with Gasteiger partial charge in [0.15, 0.2) is 0 Å².